The van der Waals surface area contributed by atoms with Gasteiger partial charge in [0.15, 0.2) is 0 Å². The quantitative estimate of drug-likeness (QED) is 0.735. The zero-order valence-corrected chi connectivity index (χ0v) is 11.3. The summed E-state index contributed by atoms with van der Waals surface area (Å²) in [7, 11) is 0. The molecule has 1 aliphatic rings. The number of carboxylic acids is 1. The molecule has 2 amide bonds. The molecule has 0 aromatic carbocycles. The van der Waals surface area contributed by atoms with Crippen LogP contribution in [0.15, 0.2) is 0 Å². The fraction of sp³-hybridized carbons (Fsp3) is 0.692. The van der Waals surface area contributed by atoms with Crippen LogP contribution in [0, 0.1) is 12.3 Å². The van der Waals surface area contributed by atoms with Crippen LogP contribution in [0.4, 0.5) is 4.79 Å². The Kier molecular flexibility index (Phi) is 5.19. The first-order valence-corrected chi connectivity index (χ1v) is 6.19. The van der Waals surface area contributed by atoms with Gasteiger partial charge in [0.1, 0.15) is 6.54 Å². The molecule has 1 rings (SSSR count). The van der Waals surface area contributed by atoms with E-state index in [-0.39, 0.29) is 18.2 Å². The zero-order valence-electron chi connectivity index (χ0n) is 11.3. The molecule has 6 nitrogen and oxygen atoms in total. The Labute approximate surface area is 113 Å². The van der Waals surface area contributed by atoms with Gasteiger partial charge in [-0.25, -0.2) is 4.79 Å². The summed E-state index contributed by atoms with van der Waals surface area (Å²) in [6.45, 7) is 4.07. The summed E-state index contributed by atoms with van der Waals surface area (Å²) in [5, 5.41) is 11.6. The lowest BCUT2D eigenvalue weighted by Gasteiger charge is -2.36. The lowest BCUT2D eigenvalue weighted by Crippen LogP contribution is -2.51. The summed E-state index contributed by atoms with van der Waals surface area (Å²) in [6.07, 6.45) is 6.54. The summed E-state index contributed by atoms with van der Waals surface area (Å²) in [5.74, 6) is 1.20. The number of ether oxygens (including phenoxy) is 1. The number of terminal acetylenes is 1. The number of nitrogens with one attached hydrogen (secondary N) is 1. The van der Waals surface area contributed by atoms with Crippen LogP contribution >= 0.6 is 0 Å². The van der Waals surface area contributed by atoms with Crippen molar-refractivity contribution in [1.82, 2.24) is 10.2 Å². The van der Waals surface area contributed by atoms with E-state index >= 15 is 0 Å². The Morgan fingerprint density at radius 3 is 2.79 bits per heavy atom. The molecule has 1 fully saturated rings. The van der Waals surface area contributed by atoms with Gasteiger partial charge in [-0.2, -0.15) is 0 Å². The number of carbonyl (C=O) groups is 2. The van der Waals surface area contributed by atoms with Gasteiger partial charge < -0.3 is 20.1 Å². The van der Waals surface area contributed by atoms with Gasteiger partial charge in [-0.1, -0.05) is 5.92 Å². The molecule has 1 unspecified atom stereocenters. The molecule has 19 heavy (non-hydrogen) atoms. The summed E-state index contributed by atoms with van der Waals surface area (Å²) in [6, 6.07) is -0.464. The third-order valence-electron chi connectivity index (χ3n) is 2.92. The van der Waals surface area contributed by atoms with Crippen molar-refractivity contribution in [1.29, 1.82) is 0 Å². The smallest absolute Gasteiger partial charge is 0.323 e. The van der Waals surface area contributed by atoms with Crippen LogP contribution in [0.5, 0.6) is 0 Å². The molecule has 0 aromatic heterocycles. The molecule has 0 radical (unpaired) electrons. The van der Waals surface area contributed by atoms with Crippen molar-refractivity contribution in [2.75, 3.05) is 19.7 Å². The second-order valence-electron chi connectivity index (χ2n) is 5.20. The Hall–Kier alpha value is -1.74. The Morgan fingerprint density at radius 1 is 1.58 bits per heavy atom. The molecule has 2 N–H and O–H groups in total. The number of amides is 2. The highest BCUT2D eigenvalue weighted by molar-refractivity contribution is 5.80. The monoisotopic (exact) mass is 268 g/mol. The minimum Gasteiger partial charge on any atom is -0.480 e. The molecule has 1 aliphatic heterocycles. The lowest BCUT2D eigenvalue weighted by molar-refractivity contribution is -0.137. The predicted octanol–water partition coefficient (Wildman–Crippen LogP) is 0.673. The number of hydrogen-bond donors (Lipinski definition) is 2. The second kappa shape index (κ2) is 6.43. The maximum atomic E-state index is 12.0. The predicted molar refractivity (Wildman–Crippen MR) is 69.6 cm³/mol. The first kappa shape index (κ1) is 15.3. The Bertz CT molecular complexity index is 387. The van der Waals surface area contributed by atoms with Crippen molar-refractivity contribution in [3.8, 4) is 12.3 Å². The molecule has 0 aliphatic carbocycles. The van der Waals surface area contributed by atoms with Crippen molar-refractivity contribution in [2.24, 2.45) is 0 Å². The van der Waals surface area contributed by atoms with Crippen LogP contribution in [-0.4, -0.2) is 53.3 Å². The fourth-order valence-electron chi connectivity index (χ4n) is 2.09. The molecule has 106 valence electrons. The van der Waals surface area contributed by atoms with Crippen LogP contribution in [0.3, 0.4) is 0 Å². The van der Waals surface area contributed by atoms with E-state index in [0.717, 1.165) is 4.90 Å². The van der Waals surface area contributed by atoms with Gasteiger partial charge >= 0.3 is 12.0 Å². The molecule has 0 bridgehead atoms. The zero-order chi connectivity index (χ0) is 14.5. The van der Waals surface area contributed by atoms with Gasteiger partial charge in [0.25, 0.3) is 0 Å². The number of carbonyl (C=O) groups excluding carboxylic acids is 1. The van der Waals surface area contributed by atoms with Crippen LogP contribution in [0.2, 0.25) is 0 Å². The Balaban J connectivity index is 2.56. The maximum absolute atomic E-state index is 12.0. The number of nitrogens with zero attached hydrogens (tertiary/aromatic N) is 1. The van der Waals surface area contributed by atoms with Crippen molar-refractivity contribution in [3.05, 3.63) is 0 Å². The molecular weight excluding hydrogens is 248 g/mol. The summed E-state index contributed by atoms with van der Waals surface area (Å²) in [5.41, 5.74) is -0.278. The minimum absolute atomic E-state index is 0.0229. The largest absolute Gasteiger partial charge is 0.480 e. The number of carboxylic acid groups (broad SMARTS) is 1. The first-order valence-electron chi connectivity index (χ1n) is 6.19. The van der Waals surface area contributed by atoms with Crippen LogP contribution < -0.4 is 5.32 Å². The number of hydrogen-bond acceptors (Lipinski definition) is 3. The minimum atomic E-state index is -1.09. The highest BCUT2D eigenvalue weighted by Gasteiger charge is 2.30. The maximum Gasteiger partial charge on any atom is 0.323 e. The van der Waals surface area contributed by atoms with Crippen LogP contribution in [0.25, 0.3) is 0 Å². The molecule has 6 heteroatoms. The highest BCUT2D eigenvalue weighted by atomic mass is 16.5. The van der Waals surface area contributed by atoms with Crippen molar-refractivity contribution >= 4 is 12.0 Å². The van der Waals surface area contributed by atoms with Gasteiger partial charge in [0.05, 0.1) is 12.1 Å². The lowest BCUT2D eigenvalue weighted by atomic mass is 9.94. The molecule has 0 saturated carbocycles. The number of rotatable bonds is 4. The molecule has 1 atom stereocenters. The van der Waals surface area contributed by atoms with E-state index in [1.807, 2.05) is 13.8 Å². The van der Waals surface area contributed by atoms with E-state index in [0.29, 0.717) is 19.4 Å². The SMILES string of the molecule is C#CCN(CC(=O)O)C(=O)NC1CCOC(C)(C)C1. The third kappa shape index (κ3) is 5.18. The van der Waals surface area contributed by atoms with E-state index in [1.54, 1.807) is 0 Å². The summed E-state index contributed by atoms with van der Waals surface area (Å²) in [4.78, 5) is 23.7. The van der Waals surface area contributed by atoms with E-state index in [9.17, 15) is 9.59 Å². The van der Waals surface area contributed by atoms with E-state index < -0.39 is 18.5 Å². The van der Waals surface area contributed by atoms with E-state index in [4.69, 9.17) is 16.3 Å². The van der Waals surface area contributed by atoms with Gasteiger partial charge in [0, 0.05) is 12.6 Å². The summed E-state index contributed by atoms with van der Waals surface area (Å²) < 4.78 is 5.56. The topological polar surface area (TPSA) is 78.9 Å². The number of aliphatic carboxylic acids is 1. The van der Waals surface area contributed by atoms with Gasteiger partial charge in [-0.3, -0.25) is 4.79 Å². The average Bonchev–Trinajstić information content (AvgIpc) is 2.26. The number of urea groups is 1. The van der Waals surface area contributed by atoms with Crippen LogP contribution in [-0.2, 0) is 9.53 Å². The third-order valence-corrected chi connectivity index (χ3v) is 2.92. The van der Waals surface area contributed by atoms with Crippen molar-refractivity contribution in [3.63, 3.8) is 0 Å². The van der Waals surface area contributed by atoms with Crippen molar-refractivity contribution < 1.29 is 19.4 Å². The summed E-state index contributed by atoms with van der Waals surface area (Å²) >= 11 is 0. The average molecular weight is 268 g/mol. The molecule has 1 saturated heterocycles. The normalized spacial score (nSPS) is 21.2. The highest BCUT2D eigenvalue weighted by Crippen LogP contribution is 2.23. The molecule has 0 aromatic rings. The Morgan fingerprint density at radius 2 is 2.26 bits per heavy atom. The van der Waals surface area contributed by atoms with E-state index in [1.165, 1.54) is 0 Å². The molecule has 1 heterocycles. The van der Waals surface area contributed by atoms with Gasteiger partial charge in [-0.15, -0.1) is 6.42 Å². The fourth-order valence-corrected chi connectivity index (χ4v) is 2.09. The van der Waals surface area contributed by atoms with Crippen LogP contribution in [0.1, 0.15) is 26.7 Å². The van der Waals surface area contributed by atoms with Gasteiger partial charge in [0.2, 0.25) is 0 Å². The molecule has 0 spiro atoms. The molecular formula is C13H20N2O4. The van der Waals surface area contributed by atoms with Gasteiger partial charge in [-0.05, 0) is 26.7 Å². The second-order valence-corrected chi connectivity index (χ2v) is 5.20. The van der Waals surface area contributed by atoms with Crippen molar-refractivity contribution in [2.45, 2.75) is 38.3 Å². The standard InChI is InChI=1S/C13H20N2O4/c1-4-6-15(9-11(16)17)12(18)14-10-5-7-19-13(2,3)8-10/h1,10H,5-9H2,2-3H3,(H,14,18)(H,16,17). The first-order chi connectivity index (χ1) is 8.84. The van der Waals surface area contributed by atoms with E-state index in [2.05, 4.69) is 11.2 Å².